The van der Waals surface area contributed by atoms with Crippen molar-refractivity contribution in [2.24, 2.45) is 5.41 Å². The SMILES string of the molecule is C/C=C(\c1ccccc1)c1cc(C(F)(F)F)cnc1NC1=CC(=O)CC(C)(C)C1. The standard InChI is InChI=1S/C23H23F3N2O/c1-4-19(15-8-6-5-7-9-15)20-10-16(23(24,25)26)14-27-21(20)28-17-11-18(29)13-22(2,3)12-17/h4-11,14H,12-13H2,1-3H3,(H,27,28)/b19-4+. The molecule has 0 unspecified atom stereocenters. The maximum Gasteiger partial charge on any atom is 0.417 e. The Labute approximate surface area is 168 Å². The predicted molar refractivity (Wildman–Crippen MR) is 108 cm³/mol. The Kier molecular flexibility index (Phi) is 5.64. The summed E-state index contributed by atoms with van der Waals surface area (Å²) in [6.45, 7) is 5.75. The molecule has 1 aliphatic rings. The Hall–Kier alpha value is -2.89. The van der Waals surface area contributed by atoms with Crippen LogP contribution in [0.5, 0.6) is 0 Å². The van der Waals surface area contributed by atoms with Gasteiger partial charge < -0.3 is 5.32 Å². The molecule has 0 aliphatic heterocycles. The molecule has 6 heteroatoms. The summed E-state index contributed by atoms with van der Waals surface area (Å²) in [6.07, 6.45) is 0.652. The molecule has 152 valence electrons. The van der Waals surface area contributed by atoms with E-state index in [0.29, 0.717) is 35.5 Å². The van der Waals surface area contributed by atoms with Crippen molar-refractivity contribution in [1.29, 1.82) is 0 Å². The van der Waals surface area contributed by atoms with Crippen molar-refractivity contribution >= 4 is 17.2 Å². The van der Waals surface area contributed by atoms with Gasteiger partial charge in [0, 0.05) is 30.0 Å². The fraction of sp³-hybridized carbons (Fsp3) is 0.304. The van der Waals surface area contributed by atoms with Gasteiger partial charge in [0.1, 0.15) is 5.82 Å². The number of alkyl halides is 3. The molecule has 0 saturated carbocycles. The molecule has 1 aromatic heterocycles. The minimum absolute atomic E-state index is 0.00784. The number of nitrogens with one attached hydrogen (secondary N) is 1. The highest BCUT2D eigenvalue weighted by Crippen LogP contribution is 2.38. The number of allylic oxidation sites excluding steroid dienone is 3. The third kappa shape index (κ3) is 4.94. The van der Waals surface area contributed by atoms with Gasteiger partial charge in [-0.05, 0) is 36.0 Å². The lowest BCUT2D eigenvalue weighted by atomic mass is 9.79. The molecule has 0 spiro atoms. The van der Waals surface area contributed by atoms with Gasteiger partial charge in [-0.2, -0.15) is 13.2 Å². The molecule has 0 bridgehead atoms. The summed E-state index contributed by atoms with van der Waals surface area (Å²) in [7, 11) is 0. The van der Waals surface area contributed by atoms with E-state index in [0.717, 1.165) is 17.8 Å². The van der Waals surface area contributed by atoms with Crippen molar-refractivity contribution in [2.45, 2.75) is 39.8 Å². The van der Waals surface area contributed by atoms with E-state index >= 15 is 0 Å². The molecule has 1 aliphatic carbocycles. The second-order valence-corrected chi connectivity index (χ2v) is 7.96. The first kappa shape index (κ1) is 20.8. The number of ketones is 1. The van der Waals surface area contributed by atoms with E-state index in [9.17, 15) is 18.0 Å². The van der Waals surface area contributed by atoms with E-state index in [1.165, 1.54) is 6.08 Å². The van der Waals surface area contributed by atoms with Crippen LogP contribution in [0.3, 0.4) is 0 Å². The quantitative estimate of drug-likeness (QED) is 0.661. The molecule has 1 aromatic carbocycles. The first-order valence-electron chi connectivity index (χ1n) is 9.39. The number of anilines is 1. The molecular formula is C23H23F3N2O. The van der Waals surface area contributed by atoms with E-state index in [-0.39, 0.29) is 11.2 Å². The van der Waals surface area contributed by atoms with Gasteiger partial charge in [-0.25, -0.2) is 4.98 Å². The summed E-state index contributed by atoms with van der Waals surface area (Å²) < 4.78 is 40.0. The number of carbonyl (C=O) groups is 1. The normalized spacial score (nSPS) is 17.1. The molecule has 0 fully saturated rings. The van der Waals surface area contributed by atoms with Crippen LogP contribution in [0.25, 0.3) is 5.57 Å². The van der Waals surface area contributed by atoms with Crippen molar-refractivity contribution < 1.29 is 18.0 Å². The van der Waals surface area contributed by atoms with E-state index in [2.05, 4.69) is 10.3 Å². The summed E-state index contributed by atoms with van der Waals surface area (Å²) in [5.74, 6) is 0.290. The van der Waals surface area contributed by atoms with Crippen LogP contribution in [0, 0.1) is 5.41 Å². The van der Waals surface area contributed by atoms with Gasteiger partial charge in [-0.1, -0.05) is 50.3 Å². The highest BCUT2D eigenvalue weighted by atomic mass is 19.4. The number of halogens is 3. The highest BCUT2D eigenvalue weighted by molar-refractivity contribution is 5.93. The average Bonchev–Trinajstić information content (AvgIpc) is 2.62. The zero-order valence-corrected chi connectivity index (χ0v) is 16.6. The van der Waals surface area contributed by atoms with Gasteiger partial charge in [-0.3, -0.25) is 4.79 Å². The maximum absolute atomic E-state index is 13.3. The van der Waals surface area contributed by atoms with Crippen molar-refractivity contribution in [1.82, 2.24) is 4.98 Å². The van der Waals surface area contributed by atoms with Crippen LogP contribution in [0.2, 0.25) is 0 Å². The van der Waals surface area contributed by atoms with Crippen LogP contribution in [-0.4, -0.2) is 10.8 Å². The van der Waals surface area contributed by atoms with Gasteiger partial charge in [0.15, 0.2) is 5.78 Å². The van der Waals surface area contributed by atoms with Crippen LogP contribution in [-0.2, 0) is 11.0 Å². The molecule has 0 saturated heterocycles. The Morgan fingerprint density at radius 2 is 1.86 bits per heavy atom. The minimum Gasteiger partial charge on any atom is -0.343 e. The fourth-order valence-electron chi connectivity index (χ4n) is 3.60. The lowest BCUT2D eigenvalue weighted by Crippen LogP contribution is -2.25. The summed E-state index contributed by atoms with van der Waals surface area (Å²) in [6, 6.07) is 10.3. The first-order chi connectivity index (χ1) is 13.6. The summed E-state index contributed by atoms with van der Waals surface area (Å²) in [4.78, 5) is 16.1. The van der Waals surface area contributed by atoms with Crippen molar-refractivity contribution in [3.63, 3.8) is 0 Å². The Morgan fingerprint density at radius 1 is 1.17 bits per heavy atom. The second-order valence-electron chi connectivity index (χ2n) is 7.96. The van der Waals surface area contributed by atoms with Crippen molar-refractivity contribution in [3.8, 4) is 0 Å². The zero-order valence-electron chi connectivity index (χ0n) is 16.6. The van der Waals surface area contributed by atoms with Crippen molar-refractivity contribution in [2.75, 3.05) is 5.32 Å². The molecule has 3 rings (SSSR count). The minimum atomic E-state index is -4.50. The second kappa shape index (κ2) is 7.85. The largest absolute Gasteiger partial charge is 0.417 e. The van der Waals surface area contributed by atoms with Crippen molar-refractivity contribution in [3.05, 3.63) is 77.1 Å². The monoisotopic (exact) mass is 400 g/mol. The number of carbonyl (C=O) groups excluding carboxylic acids is 1. The van der Waals surface area contributed by atoms with E-state index in [4.69, 9.17) is 0 Å². The summed E-state index contributed by atoms with van der Waals surface area (Å²) >= 11 is 0. The molecule has 1 heterocycles. The van der Waals surface area contributed by atoms with Crippen LogP contribution < -0.4 is 5.32 Å². The maximum atomic E-state index is 13.3. The third-order valence-electron chi connectivity index (χ3n) is 4.81. The van der Waals surface area contributed by atoms with Crippen LogP contribution >= 0.6 is 0 Å². The van der Waals surface area contributed by atoms with E-state index in [1.807, 2.05) is 44.2 Å². The highest BCUT2D eigenvalue weighted by Gasteiger charge is 2.33. The van der Waals surface area contributed by atoms with Gasteiger partial charge in [-0.15, -0.1) is 0 Å². The molecule has 0 radical (unpaired) electrons. The van der Waals surface area contributed by atoms with E-state index in [1.54, 1.807) is 13.0 Å². The number of pyridine rings is 1. The molecule has 3 nitrogen and oxygen atoms in total. The smallest absolute Gasteiger partial charge is 0.343 e. The molecule has 1 N–H and O–H groups in total. The summed E-state index contributed by atoms with van der Waals surface area (Å²) in [5, 5.41) is 3.12. The van der Waals surface area contributed by atoms with Gasteiger partial charge in [0.25, 0.3) is 0 Å². The predicted octanol–water partition coefficient (Wildman–Crippen LogP) is 6.24. The Balaban J connectivity index is 2.09. The summed E-state index contributed by atoms with van der Waals surface area (Å²) in [5.41, 5.74) is 1.38. The molecular weight excluding hydrogens is 377 g/mol. The van der Waals surface area contributed by atoms with E-state index < -0.39 is 11.7 Å². The molecule has 0 atom stereocenters. The number of hydrogen-bond acceptors (Lipinski definition) is 3. The van der Waals surface area contributed by atoms with Gasteiger partial charge in [0.05, 0.1) is 5.56 Å². The third-order valence-corrected chi connectivity index (χ3v) is 4.81. The van der Waals surface area contributed by atoms with Gasteiger partial charge >= 0.3 is 6.18 Å². The number of aromatic nitrogens is 1. The first-order valence-corrected chi connectivity index (χ1v) is 9.39. The molecule has 29 heavy (non-hydrogen) atoms. The fourth-order valence-corrected chi connectivity index (χ4v) is 3.60. The van der Waals surface area contributed by atoms with Crippen LogP contribution in [0.15, 0.2) is 60.4 Å². The van der Waals surface area contributed by atoms with Crippen LogP contribution in [0.1, 0.15) is 50.3 Å². The topological polar surface area (TPSA) is 42.0 Å². The number of nitrogens with zero attached hydrogens (tertiary/aromatic N) is 1. The molecule has 0 amide bonds. The zero-order chi connectivity index (χ0) is 21.2. The Bertz CT molecular complexity index is 973. The lowest BCUT2D eigenvalue weighted by molar-refractivity contribution is -0.137. The number of hydrogen-bond donors (Lipinski definition) is 1. The lowest BCUT2D eigenvalue weighted by Gasteiger charge is -2.29. The average molecular weight is 400 g/mol. The Morgan fingerprint density at radius 3 is 2.45 bits per heavy atom. The van der Waals surface area contributed by atoms with Crippen LogP contribution in [0.4, 0.5) is 19.0 Å². The molecule has 2 aromatic rings. The number of benzene rings is 1. The number of rotatable bonds is 4. The van der Waals surface area contributed by atoms with Gasteiger partial charge in [0.2, 0.25) is 0 Å².